The van der Waals surface area contributed by atoms with Crippen molar-refractivity contribution in [3.63, 3.8) is 0 Å². The number of nitrogens with one attached hydrogen (secondary N) is 1. The van der Waals surface area contributed by atoms with E-state index in [9.17, 15) is 9.18 Å². The minimum Gasteiger partial charge on any atom is -0.328 e. The molecule has 4 aromatic rings. The number of aromatic nitrogens is 2. The number of fused-ring (bicyclic) bond motifs is 1. The largest absolute Gasteiger partial charge is 0.328 e. The standard InChI is InChI=1S/C21H16FN3O/c22-18-10-14(6-7-15(18)12-23)20-16(13-4-2-1-3-5-13)11-17-19(25-20)8-9-24-21(17)26/h1-11H,12,23H2,(H,24,26). The Morgan fingerprint density at radius 2 is 1.81 bits per heavy atom. The molecule has 128 valence electrons. The summed E-state index contributed by atoms with van der Waals surface area (Å²) in [5, 5.41) is 0.495. The van der Waals surface area contributed by atoms with Gasteiger partial charge in [-0.1, -0.05) is 42.5 Å². The Morgan fingerprint density at radius 3 is 2.54 bits per heavy atom. The normalized spacial score (nSPS) is 11.0. The Kier molecular flexibility index (Phi) is 4.07. The maximum Gasteiger partial charge on any atom is 0.257 e. The van der Waals surface area contributed by atoms with Gasteiger partial charge in [0.2, 0.25) is 0 Å². The lowest BCUT2D eigenvalue weighted by molar-refractivity contribution is 0.611. The van der Waals surface area contributed by atoms with Gasteiger partial charge < -0.3 is 10.7 Å². The third-order valence-electron chi connectivity index (χ3n) is 4.38. The molecule has 2 heterocycles. The molecule has 0 saturated heterocycles. The number of halogens is 1. The van der Waals surface area contributed by atoms with Crippen molar-refractivity contribution in [2.75, 3.05) is 0 Å². The quantitative estimate of drug-likeness (QED) is 0.592. The van der Waals surface area contributed by atoms with Crippen LogP contribution in [-0.4, -0.2) is 9.97 Å². The summed E-state index contributed by atoms with van der Waals surface area (Å²) in [6.45, 7) is 0.137. The van der Waals surface area contributed by atoms with Gasteiger partial charge in [-0.25, -0.2) is 9.37 Å². The second-order valence-corrected chi connectivity index (χ2v) is 6.00. The number of nitrogens with two attached hydrogens (primary N) is 1. The summed E-state index contributed by atoms with van der Waals surface area (Å²) in [5.41, 5.74) is 9.31. The second-order valence-electron chi connectivity index (χ2n) is 6.00. The number of rotatable bonds is 3. The molecule has 0 saturated carbocycles. The van der Waals surface area contributed by atoms with E-state index in [0.717, 1.165) is 11.1 Å². The third kappa shape index (κ3) is 2.78. The number of hydrogen-bond donors (Lipinski definition) is 2. The molecule has 0 bridgehead atoms. The van der Waals surface area contributed by atoms with Crippen molar-refractivity contribution in [1.29, 1.82) is 0 Å². The average Bonchev–Trinajstić information content (AvgIpc) is 2.68. The van der Waals surface area contributed by atoms with Gasteiger partial charge in [-0.2, -0.15) is 0 Å². The Balaban J connectivity index is 2.04. The summed E-state index contributed by atoms with van der Waals surface area (Å²) in [4.78, 5) is 19.5. The van der Waals surface area contributed by atoms with Crippen LogP contribution in [0, 0.1) is 5.82 Å². The summed E-state index contributed by atoms with van der Waals surface area (Å²) in [6.07, 6.45) is 1.56. The lowest BCUT2D eigenvalue weighted by Gasteiger charge is -2.12. The monoisotopic (exact) mass is 345 g/mol. The highest BCUT2D eigenvalue weighted by Crippen LogP contribution is 2.33. The van der Waals surface area contributed by atoms with Gasteiger partial charge in [-0.3, -0.25) is 4.79 Å². The fourth-order valence-corrected chi connectivity index (χ4v) is 3.03. The van der Waals surface area contributed by atoms with E-state index < -0.39 is 0 Å². The summed E-state index contributed by atoms with van der Waals surface area (Å²) < 4.78 is 14.3. The van der Waals surface area contributed by atoms with Gasteiger partial charge in [0.25, 0.3) is 5.56 Å². The average molecular weight is 345 g/mol. The Morgan fingerprint density at radius 1 is 1.00 bits per heavy atom. The molecule has 0 fully saturated rings. The lowest BCUT2D eigenvalue weighted by Crippen LogP contribution is -2.06. The third-order valence-corrected chi connectivity index (χ3v) is 4.38. The van der Waals surface area contributed by atoms with E-state index in [0.29, 0.717) is 27.7 Å². The zero-order valence-corrected chi connectivity index (χ0v) is 13.9. The topological polar surface area (TPSA) is 71.8 Å². The van der Waals surface area contributed by atoms with Gasteiger partial charge in [0, 0.05) is 29.4 Å². The summed E-state index contributed by atoms with van der Waals surface area (Å²) in [6, 6.07) is 18.1. The molecule has 2 aromatic carbocycles. The molecule has 0 amide bonds. The van der Waals surface area contributed by atoms with Crippen LogP contribution in [0.25, 0.3) is 33.3 Å². The molecule has 0 aliphatic heterocycles. The van der Waals surface area contributed by atoms with Crippen molar-refractivity contribution in [2.45, 2.75) is 6.54 Å². The van der Waals surface area contributed by atoms with Crippen LogP contribution in [0.3, 0.4) is 0 Å². The van der Waals surface area contributed by atoms with E-state index in [1.807, 2.05) is 30.3 Å². The number of benzene rings is 2. The molecule has 0 unspecified atom stereocenters. The maximum atomic E-state index is 14.3. The second kappa shape index (κ2) is 6.54. The molecular weight excluding hydrogens is 329 g/mol. The molecule has 3 N–H and O–H groups in total. The highest BCUT2D eigenvalue weighted by Gasteiger charge is 2.14. The molecule has 5 heteroatoms. The van der Waals surface area contributed by atoms with Crippen LogP contribution in [0.4, 0.5) is 4.39 Å². The van der Waals surface area contributed by atoms with Crippen molar-refractivity contribution < 1.29 is 4.39 Å². The van der Waals surface area contributed by atoms with Crippen LogP contribution in [-0.2, 0) is 6.54 Å². The lowest BCUT2D eigenvalue weighted by atomic mass is 9.97. The number of H-pyrrole nitrogens is 1. The fourth-order valence-electron chi connectivity index (χ4n) is 3.03. The van der Waals surface area contributed by atoms with E-state index in [1.54, 1.807) is 30.5 Å². The first-order valence-corrected chi connectivity index (χ1v) is 8.24. The fraction of sp³-hybridized carbons (Fsp3) is 0.0476. The van der Waals surface area contributed by atoms with Crippen LogP contribution in [0.15, 0.2) is 71.7 Å². The highest BCUT2D eigenvalue weighted by atomic mass is 19.1. The van der Waals surface area contributed by atoms with Gasteiger partial charge in [-0.05, 0) is 23.8 Å². The molecule has 4 rings (SSSR count). The number of nitrogens with zero attached hydrogens (tertiary/aromatic N) is 1. The van der Waals surface area contributed by atoms with Crippen LogP contribution < -0.4 is 11.3 Å². The molecule has 0 atom stereocenters. The van der Waals surface area contributed by atoms with E-state index in [-0.39, 0.29) is 17.9 Å². The van der Waals surface area contributed by atoms with Crippen molar-refractivity contribution >= 4 is 10.9 Å². The predicted molar refractivity (Wildman–Crippen MR) is 101 cm³/mol. The molecule has 0 spiro atoms. The number of aromatic amines is 1. The summed E-state index contributed by atoms with van der Waals surface area (Å²) in [7, 11) is 0. The molecular formula is C21H16FN3O. The summed E-state index contributed by atoms with van der Waals surface area (Å²) in [5.74, 6) is -0.364. The Bertz CT molecular complexity index is 1150. The van der Waals surface area contributed by atoms with E-state index >= 15 is 0 Å². The first-order chi connectivity index (χ1) is 12.7. The summed E-state index contributed by atoms with van der Waals surface area (Å²) >= 11 is 0. The molecule has 4 nitrogen and oxygen atoms in total. The van der Waals surface area contributed by atoms with Crippen molar-refractivity contribution in [2.24, 2.45) is 5.73 Å². The van der Waals surface area contributed by atoms with Gasteiger partial charge >= 0.3 is 0 Å². The van der Waals surface area contributed by atoms with Gasteiger partial charge in [0.1, 0.15) is 5.82 Å². The van der Waals surface area contributed by atoms with Gasteiger partial charge in [0.15, 0.2) is 0 Å². The van der Waals surface area contributed by atoms with Crippen molar-refractivity contribution in [1.82, 2.24) is 9.97 Å². The number of pyridine rings is 2. The van der Waals surface area contributed by atoms with Crippen LogP contribution in [0.5, 0.6) is 0 Å². The van der Waals surface area contributed by atoms with E-state index in [4.69, 9.17) is 5.73 Å². The molecule has 2 aromatic heterocycles. The van der Waals surface area contributed by atoms with E-state index in [2.05, 4.69) is 9.97 Å². The Labute approximate surface area is 149 Å². The van der Waals surface area contributed by atoms with Gasteiger partial charge in [0.05, 0.1) is 16.6 Å². The SMILES string of the molecule is NCc1ccc(-c2nc3cc[nH]c(=O)c3cc2-c2ccccc2)cc1F. The minimum absolute atomic E-state index is 0.137. The molecule has 0 aliphatic rings. The molecule has 0 aliphatic carbocycles. The molecule has 26 heavy (non-hydrogen) atoms. The van der Waals surface area contributed by atoms with Crippen molar-refractivity contribution in [3.8, 4) is 22.4 Å². The van der Waals surface area contributed by atoms with E-state index in [1.165, 1.54) is 6.07 Å². The molecule has 0 radical (unpaired) electrons. The zero-order valence-electron chi connectivity index (χ0n) is 13.9. The highest BCUT2D eigenvalue weighted by molar-refractivity contribution is 5.91. The first kappa shape index (κ1) is 16.2. The Hall–Kier alpha value is -3.31. The number of hydrogen-bond acceptors (Lipinski definition) is 3. The van der Waals surface area contributed by atoms with Crippen LogP contribution in [0.1, 0.15) is 5.56 Å². The van der Waals surface area contributed by atoms with Crippen LogP contribution in [0.2, 0.25) is 0 Å². The minimum atomic E-state index is -0.364. The maximum absolute atomic E-state index is 14.3. The van der Waals surface area contributed by atoms with Gasteiger partial charge in [-0.15, -0.1) is 0 Å². The van der Waals surface area contributed by atoms with Crippen molar-refractivity contribution in [3.05, 3.63) is 88.6 Å². The van der Waals surface area contributed by atoms with Crippen LogP contribution >= 0.6 is 0 Å². The first-order valence-electron chi connectivity index (χ1n) is 8.24. The zero-order chi connectivity index (χ0) is 18.1. The smallest absolute Gasteiger partial charge is 0.257 e. The predicted octanol–water partition coefficient (Wildman–Crippen LogP) is 3.85.